The highest BCUT2D eigenvalue weighted by atomic mass is 31.2. The number of imidazole rings is 1. The summed E-state index contributed by atoms with van der Waals surface area (Å²) in [5.74, 6) is 0.0105. The Morgan fingerprint density at radius 1 is 0.750 bits per heavy atom. The first-order valence-corrected chi connectivity index (χ1v) is 20.0. The number of rotatable bonds is 30. The second-order valence-electron chi connectivity index (χ2n) is 12.6. The summed E-state index contributed by atoms with van der Waals surface area (Å²) in [5, 5.41) is 0. The molecule has 2 heterocycles. The molecule has 1 atom stereocenters. The van der Waals surface area contributed by atoms with E-state index in [1.807, 2.05) is 30.3 Å². The topological polar surface area (TPSA) is 144 Å². The predicted molar refractivity (Wildman–Crippen MR) is 193 cm³/mol. The van der Waals surface area contributed by atoms with Gasteiger partial charge in [0.05, 0.1) is 26.1 Å². The van der Waals surface area contributed by atoms with Crippen molar-refractivity contribution in [1.29, 1.82) is 0 Å². The number of ether oxygens (including phenoxy) is 2. The van der Waals surface area contributed by atoms with Gasteiger partial charge in [0.15, 0.2) is 11.2 Å². The van der Waals surface area contributed by atoms with Crippen molar-refractivity contribution in [2.75, 3.05) is 38.5 Å². The number of unbranched alkanes of at least 4 members (excludes halogenated alkanes) is 15. The summed E-state index contributed by atoms with van der Waals surface area (Å²) in [7, 11) is -3.54. The van der Waals surface area contributed by atoms with E-state index in [-0.39, 0.29) is 37.6 Å². The standard InChI is InChI=1S/C36H60N5O6P/c1-2-3-4-5-6-7-8-9-10-11-12-13-14-15-16-20-25-44-26-21-27-46-48(43,47-29-32-22-18-17-19-23-32)31-45-28-24-41-30-38-33-34(41)39-36(37)40-35(33)42/h17-19,22-23,30H,2-16,20-21,24-29,31H2,1H3,(H3,37,39,40,42). The maximum absolute atomic E-state index is 13.5. The maximum atomic E-state index is 13.5. The van der Waals surface area contributed by atoms with E-state index in [9.17, 15) is 9.36 Å². The molecule has 12 heteroatoms. The average Bonchev–Trinajstić information content (AvgIpc) is 3.50. The van der Waals surface area contributed by atoms with Crippen LogP contribution in [-0.4, -0.2) is 52.3 Å². The molecule has 3 N–H and O–H groups in total. The second-order valence-corrected chi connectivity index (χ2v) is 14.6. The van der Waals surface area contributed by atoms with Crippen LogP contribution in [0.2, 0.25) is 0 Å². The molecule has 0 saturated heterocycles. The number of anilines is 1. The van der Waals surface area contributed by atoms with Crippen LogP contribution in [-0.2, 0) is 36.2 Å². The van der Waals surface area contributed by atoms with Crippen molar-refractivity contribution in [2.24, 2.45) is 0 Å². The molecule has 3 aromatic rings. The largest absolute Gasteiger partial charge is 0.381 e. The highest BCUT2D eigenvalue weighted by Gasteiger charge is 2.25. The molecule has 3 rings (SSSR count). The molecular formula is C36H60N5O6P. The summed E-state index contributed by atoms with van der Waals surface area (Å²) in [5.41, 5.74) is 6.72. The van der Waals surface area contributed by atoms with Crippen LogP contribution < -0.4 is 11.3 Å². The molecule has 1 aromatic carbocycles. The molecule has 0 fully saturated rings. The Labute approximate surface area is 287 Å². The molecule has 0 radical (unpaired) electrons. The van der Waals surface area contributed by atoms with E-state index < -0.39 is 13.2 Å². The van der Waals surface area contributed by atoms with E-state index in [2.05, 4.69) is 21.9 Å². The third-order valence-electron chi connectivity index (χ3n) is 8.35. The zero-order valence-electron chi connectivity index (χ0n) is 29.3. The Bertz CT molecular complexity index is 1350. The van der Waals surface area contributed by atoms with Gasteiger partial charge in [-0.05, 0) is 18.4 Å². The zero-order valence-corrected chi connectivity index (χ0v) is 30.1. The van der Waals surface area contributed by atoms with E-state index in [0.29, 0.717) is 25.2 Å². The molecule has 0 spiro atoms. The number of nitrogen functional groups attached to an aromatic ring is 1. The van der Waals surface area contributed by atoms with Gasteiger partial charge >= 0.3 is 7.60 Å². The summed E-state index contributed by atoms with van der Waals surface area (Å²) in [6.45, 7) is 4.46. The first-order valence-electron chi connectivity index (χ1n) is 18.3. The number of H-pyrrole nitrogens is 1. The average molecular weight is 690 g/mol. The minimum absolute atomic E-state index is 0.0105. The lowest BCUT2D eigenvalue weighted by atomic mass is 10.0. The van der Waals surface area contributed by atoms with Crippen LogP contribution in [0.25, 0.3) is 11.2 Å². The van der Waals surface area contributed by atoms with E-state index in [1.165, 1.54) is 103 Å². The van der Waals surface area contributed by atoms with Crippen LogP contribution >= 0.6 is 7.60 Å². The van der Waals surface area contributed by atoms with Crippen molar-refractivity contribution in [1.82, 2.24) is 19.5 Å². The monoisotopic (exact) mass is 689 g/mol. The Morgan fingerprint density at radius 3 is 2.00 bits per heavy atom. The van der Waals surface area contributed by atoms with Crippen molar-refractivity contribution in [3.8, 4) is 0 Å². The fraction of sp³-hybridized carbons (Fsp3) is 0.694. The fourth-order valence-corrected chi connectivity index (χ4v) is 6.88. The molecule has 0 aliphatic carbocycles. The molecule has 0 bridgehead atoms. The molecular weight excluding hydrogens is 629 g/mol. The second kappa shape index (κ2) is 24.6. The van der Waals surface area contributed by atoms with Crippen LogP contribution in [0.1, 0.15) is 122 Å². The van der Waals surface area contributed by atoms with Gasteiger partial charge in [-0.2, -0.15) is 4.98 Å². The first kappa shape index (κ1) is 39.9. The van der Waals surface area contributed by atoms with Gasteiger partial charge in [0.25, 0.3) is 5.56 Å². The molecule has 48 heavy (non-hydrogen) atoms. The number of nitrogens with one attached hydrogen (secondary N) is 1. The lowest BCUT2D eigenvalue weighted by molar-refractivity contribution is 0.0979. The molecule has 0 aliphatic heterocycles. The Hall–Kier alpha value is -2.56. The number of nitrogens with two attached hydrogens (primary N) is 1. The van der Waals surface area contributed by atoms with Crippen LogP contribution in [0, 0.1) is 0 Å². The van der Waals surface area contributed by atoms with E-state index >= 15 is 0 Å². The number of fused-ring (bicyclic) bond motifs is 1. The van der Waals surface area contributed by atoms with E-state index in [4.69, 9.17) is 24.3 Å². The van der Waals surface area contributed by atoms with Gasteiger partial charge in [-0.25, -0.2) is 4.98 Å². The highest BCUT2D eigenvalue weighted by molar-refractivity contribution is 7.53. The lowest BCUT2D eigenvalue weighted by Crippen LogP contribution is -2.13. The summed E-state index contributed by atoms with van der Waals surface area (Å²) in [6.07, 6.45) is 23.5. The Kier molecular flexibility index (Phi) is 20.4. The molecule has 2 aromatic heterocycles. The zero-order chi connectivity index (χ0) is 34.1. The van der Waals surface area contributed by atoms with Gasteiger partial charge in [0.1, 0.15) is 6.35 Å². The number of aromatic nitrogens is 4. The molecule has 0 amide bonds. The van der Waals surface area contributed by atoms with Crippen LogP contribution in [0.5, 0.6) is 0 Å². The molecule has 11 nitrogen and oxygen atoms in total. The minimum Gasteiger partial charge on any atom is -0.381 e. The number of aromatic amines is 1. The summed E-state index contributed by atoms with van der Waals surface area (Å²) in [4.78, 5) is 22.7. The van der Waals surface area contributed by atoms with Crippen molar-refractivity contribution < 1.29 is 23.1 Å². The van der Waals surface area contributed by atoms with Gasteiger partial charge in [0, 0.05) is 19.8 Å². The first-order chi connectivity index (χ1) is 23.5. The van der Waals surface area contributed by atoms with Crippen LogP contribution in [0.3, 0.4) is 0 Å². The number of hydrogen-bond acceptors (Lipinski definition) is 9. The highest BCUT2D eigenvalue weighted by Crippen LogP contribution is 2.49. The third kappa shape index (κ3) is 16.7. The number of nitrogens with zero attached hydrogens (tertiary/aromatic N) is 3. The van der Waals surface area contributed by atoms with E-state index in [0.717, 1.165) is 18.6 Å². The van der Waals surface area contributed by atoms with Crippen molar-refractivity contribution in [2.45, 2.75) is 129 Å². The normalized spacial score (nSPS) is 12.9. The van der Waals surface area contributed by atoms with Gasteiger partial charge < -0.3 is 28.8 Å². The van der Waals surface area contributed by atoms with Gasteiger partial charge in [-0.1, -0.05) is 134 Å². The number of benzene rings is 1. The summed E-state index contributed by atoms with van der Waals surface area (Å²) in [6, 6.07) is 9.53. The van der Waals surface area contributed by atoms with Crippen LogP contribution in [0.4, 0.5) is 5.95 Å². The summed E-state index contributed by atoms with van der Waals surface area (Å²) >= 11 is 0. The Balaban J connectivity index is 1.22. The minimum atomic E-state index is -3.54. The van der Waals surface area contributed by atoms with Crippen molar-refractivity contribution >= 4 is 24.7 Å². The molecule has 1 unspecified atom stereocenters. The van der Waals surface area contributed by atoms with Crippen molar-refractivity contribution in [3.05, 3.63) is 52.6 Å². The maximum Gasteiger partial charge on any atom is 0.356 e. The fourth-order valence-electron chi connectivity index (χ4n) is 5.55. The smallest absolute Gasteiger partial charge is 0.356 e. The molecule has 0 aliphatic rings. The van der Waals surface area contributed by atoms with Gasteiger partial charge in [-0.15, -0.1) is 0 Å². The SMILES string of the molecule is CCCCCCCCCCCCCCCCCCOCCCOP(=O)(COCCn1cnc2c(=O)[nH]c(N)nc21)OCc1ccccc1. The Morgan fingerprint density at radius 2 is 1.35 bits per heavy atom. The van der Waals surface area contributed by atoms with E-state index in [1.54, 1.807) is 4.57 Å². The van der Waals surface area contributed by atoms with Gasteiger partial charge in [-0.3, -0.25) is 14.3 Å². The van der Waals surface area contributed by atoms with Gasteiger partial charge in [0.2, 0.25) is 5.95 Å². The summed E-state index contributed by atoms with van der Waals surface area (Å²) < 4.78 is 38.3. The molecule has 0 saturated carbocycles. The molecule has 270 valence electrons. The third-order valence-corrected chi connectivity index (χ3v) is 9.95. The predicted octanol–water partition coefficient (Wildman–Crippen LogP) is 8.77. The quantitative estimate of drug-likeness (QED) is 0.0518. The lowest BCUT2D eigenvalue weighted by Gasteiger charge is -2.19. The van der Waals surface area contributed by atoms with Crippen molar-refractivity contribution in [3.63, 3.8) is 0 Å². The van der Waals surface area contributed by atoms with Crippen LogP contribution in [0.15, 0.2) is 41.5 Å². The number of hydrogen-bond donors (Lipinski definition) is 2.